The summed E-state index contributed by atoms with van der Waals surface area (Å²) in [5.74, 6) is 28.5. The van der Waals surface area contributed by atoms with Crippen LogP contribution in [-0.4, -0.2) is 75.7 Å². The van der Waals surface area contributed by atoms with Gasteiger partial charge in [0.2, 0.25) is 11.6 Å². The summed E-state index contributed by atoms with van der Waals surface area (Å²) in [6.07, 6.45) is 23.7. The minimum absolute atomic E-state index is 0.253. The average Bonchev–Trinajstić information content (AvgIpc) is 3.03. The maximum absolute atomic E-state index is 11.9. The molecule has 0 aromatic rings. The number of nitrogens with zero attached hydrogens (tertiary/aromatic N) is 3. The van der Waals surface area contributed by atoms with Gasteiger partial charge in [-0.05, 0) is 84.5 Å². The topological polar surface area (TPSA) is 84.3 Å². The van der Waals surface area contributed by atoms with Crippen molar-refractivity contribution in [1.82, 2.24) is 14.7 Å². The van der Waals surface area contributed by atoms with Gasteiger partial charge < -0.3 is 24.9 Å². The van der Waals surface area contributed by atoms with Crippen molar-refractivity contribution in [2.24, 2.45) is 0 Å². The lowest BCUT2D eigenvalue weighted by atomic mass is 10.0. The van der Waals surface area contributed by atoms with Gasteiger partial charge in [0, 0.05) is 79.8 Å². The molecule has 0 aromatic heterocycles. The molecule has 0 spiro atoms. The zero-order valence-electron chi connectivity index (χ0n) is 24.7. The van der Waals surface area contributed by atoms with E-state index in [2.05, 4.69) is 89.2 Å². The SMILES string of the molecule is C#CC#CC#CN(CCCN(C#CC#CC#C)CC1=C(O)C(=O)C=CC1)CCCN(C#CC#CC#C)CC1=C(O)C(=O)C=CC1. The van der Waals surface area contributed by atoms with E-state index in [9.17, 15) is 19.8 Å². The van der Waals surface area contributed by atoms with Gasteiger partial charge >= 0.3 is 0 Å². The van der Waals surface area contributed by atoms with Crippen LogP contribution in [0.15, 0.2) is 47.0 Å². The third-order valence-electron chi connectivity index (χ3n) is 6.11. The number of aliphatic hydroxyl groups excluding tert-OH is 2. The fraction of sp³-hybridized carbons (Fsp3) is 0.263. The van der Waals surface area contributed by atoms with Crippen LogP contribution in [0.1, 0.15) is 25.7 Å². The van der Waals surface area contributed by atoms with Crippen molar-refractivity contribution in [3.05, 3.63) is 47.0 Å². The lowest BCUT2D eigenvalue weighted by Crippen LogP contribution is -2.30. The molecule has 2 N–H and O–H groups in total. The van der Waals surface area contributed by atoms with Gasteiger partial charge in [0.05, 0.1) is 13.1 Å². The molecule has 45 heavy (non-hydrogen) atoms. The Hall–Kier alpha value is -6.66. The molecule has 7 heteroatoms. The van der Waals surface area contributed by atoms with Crippen LogP contribution in [0.25, 0.3) is 0 Å². The van der Waals surface area contributed by atoms with E-state index in [-0.39, 0.29) is 24.6 Å². The van der Waals surface area contributed by atoms with Gasteiger partial charge in [-0.1, -0.05) is 12.2 Å². The highest BCUT2D eigenvalue weighted by Gasteiger charge is 2.18. The molecule has 220 valence electrons. The van der Waals surface area contributed by atoms with E-state index in [1.807, 2.05) is 4.90 Å². The fourth-order valence-corrected chi connectivity index (χ4v) is 4.06. The zero-order valence-corrected chi connectivity index (χ0v) is 24.7. The number of allylic oxidation sites excluding steroid dienone is 4. The highest BCUT2D eigenvalue weighted by atomic mass is 16.3. The highest BCUT2D eigenvalue weighted by Crippen LogP contribution is 2.17. The van der Waals surface area contributed by atoms with Crippen LogP contribution >= 0.6 is 0 Å². The summed E-state index contributed by atoms with van der Waals surface area (Å²) in [6.45, 7) is 2.54. The molecule has 0 bridgehead atoms. The molecule has 0 saturated carbocycles. The Labute approximate surface area is 266 Å². The first-order chi connectivity index (χ1) is 21.9. The molecular weight excluding hydrogens is 562 g/mol. The minimum Gasteiger partial charge on any atom is -0.504 e. The van der Waals surface area contributed by atoms with Crippen LogP contribution < -0.4 is 0 Å². The average molecular weight is 592 g/mol. The first-order valence-electron chi connectivity index (χ1n) is 13.8. The maximum Gasteiger partial charge on any atom is 0.219 e. The molecule has 2 rings (SSSR count). The lowest BCUT2D eigenvalue weighted by Gasteiger charge is -2.24. The summed E-state index contributed by atoms with van der Waals surface area (Å²) >= 11 is 0. The van der Waals surface area contributed by atoms with Crippen molar-refractivity contribution < 1.29 is 19.8 Å². The number of carbonyl (C=O) groups excluding carboxylic acids is 2. The third kappa shape index (κ3) is 13.2. The monoisotopic (exact) mass is 591 g/mol. The number of rotatable bonds is 12. The van der Waals surface area contributed by atoms with E-state index in [0.29, 0.717) is 63.0 Å². The molecule has 2 aliphatic rings. The van der Waals surface area contributed by atoms with Crippen molar-refractivity contribution in [3.63, 3.8) is 0 Å². The first kappa shape index (κ1) is 34.5. The molecule has 0 radical (unpaired) electrons. The van der Waals surface area contributed by atoms with Crippen LogP contribution in [-0.2, 0) is 9.59 Å². The smallest absolute Gasteiger partial charge is 0.219 e. The van der Waals surface area contributed by atoms with Gasteiger partial charge in [-0.3, -0.25) is 9.59 Å². The number of carbonyl (C=O) groups is 2. The Morgan fingerprint density at radius 3 is 1.29 bits per heavy atom. The number of aliphatic hydroxyl groups is 2. The Bertz CT molecular complexity index is 1690. The molecule has 0 aromatic carbocycles. The standard InChI is InChI=1S/C38H29N3O4/c1-4-7-10-13-24-39(27-18-29-40(25-14-11-8-5-2)31-33-20-16-22-35(42)37(33)44)28-19-30-41(26-15-12-9-6-3)32-34-21-17-23-36(43)38(34)45/h1-3,16-17,22-23,44-45H,18-21,27-32H2. The minimum atomic E-state index is -0.439. The summed E-state index contributed by atoms with van der Waals surface area (Å²) in [5.41, 5.74) is 1.12. The second-order valence-electron chi connectivity index (χ2n) is 9.28. The fourth-order valence-electron chi connectivity index (χ4n) is 4.06. The van der Waals surface area contributed by atoms with Gasteiger partial charge in [0.15, 0.2) is 11.5 Å². The Kier molecular flexibility index (Phi) is 15.5. The normalized spacial score (nSPS) is 12.2. The molecule has 0 unspecified atom stereocenters. The van der Waals surface area contributed by atoms with Gasteiger partial charge in [-0.15, -0.1) is 19.3 Å². The number of ketones is 2. The molecule has 7 nitrogen and oxygen atoms in total. The highest BCUT2D eigenvalue weighted by molar-refractivity contribution is 6.04. The second-order valence-corrected chi connectivity index (χ2v) is 9.28. The first-order valence-corrected chi connectivity index (χ1v) is 13.8. The molecule has 0 amide bonds. The maximum atomic E-state index is 11.9. The third-order valence-corrected chi connectivity index (χ3v) is 6.11. The van der Waals surface area contributed by atoms with Crippen LogP contribution in [0.2, 0.25) is 0 Å². The van der Waals surface area contributed by atoms with Crippen molar-refractivity contribution >= 4 is 11.6 Å². The Balaban J connectivity index is 2.13. The van der Waals surface area contributed by atoms with Gasteiger partial charge in [0.1, 0.15) is 0 Å². The van der Waals surface area contributed by atoms with Crippen LogP contribution in [0.5, 0.6) is 0 Å². The predicted molar refractivity (Wildman–Crippen MR) is 174 cm³/mol. The molecule has 0 heterocycles. The zero-order chi connectivity index (χ0) is 32.7. The molecule has 0 saturated heterocycles. The second kappa shape index (κ2) is 20.3. The molecule has 2 aliphatic carbocycles. The van der Waals surface area contributed by atoms with Gasteiger partial charge in [-0.2, -0.15) is 0 Å². The van der Waals surface area contributed by atoms with Crippen molar-refractivity contribution in [3.8, 4) is 108 Å². The van der Waals surface area contributed by atoms with Crippen molar-refractivity contribution in [1.29, 1.82) is 0 Å². The Morgan fingerprint density at radius 1 is 0.556 bits per heavy atom. The summed E-state index contributed by atoms with van der Waals surface area (Å²) < 4.78 is 0. The summed E-state index contributed by atoms with van der Waals surface area (Å²) in [7, 11) is 0. The largest absolute Gasteiger partial charge is 0.504 e. The van der Waals surface area contributed by atoms with E-state index in [1.165, 1.54) is 12.2 Å². The van der Waals surface area contributed by atoms with E-state index in [1.54, 1.807) is 22.0 Å². The van der Waals surface area contributed by atoms with Crippen molar-refractivity contribution in [2.75, 3.05) is 39.3 Å². The number of hydrogen-bond donors (Lipinski definition) is 2. The summed E-state index contributed by atoms with van der Waals surface area (Å²) in [5, 5.41) is 20.5. The molecular formula is C38H29N3O4. The molecule has 0 aliphatic heterocycles. The van der Waals surface area contributed by atoms with E-state index < -0.39 is 11.6 Å². The van der Waals surface area contributed by atoms with Crippen molar-refractivity contribution in [2.45, 2.75) is 25.7 Å². The van der Waals surface area contributed by atoms with E-state index in [4.69, 9.17) is 19.3 Å². The summed E-state index contributed by atoms with van der Waals surface area (Å²) in [6, 6.07) is 8.90. The van der Waals surface area contributed by atoms with E-state index >= 15 is 0 Å². The van der Waals surface area contributed by atoms with Gasteiger partial charge in [-0.25, -0.2) is 0 Å². The summed E-state index contributed by atoms with van der Waals surface area (Å²) in [4.78, 5) is 29.3. The Morgan fingerprint density at radius 2 is 0.911 bits per heavy atom. The lowest BCUT2D eigenvalue weighted by molar-refractivity contribution is -0.114. The molecule has 0 fully saturated rings. The van der Waals surface area contributed by atoms with Crippen LogP contribution in [0, 0.1) is 108 Å². The van der Waals surface area contributed by atoms with E-state index in [0.717, 1.165) is 0 Å². The predicted octanol–water partition coefficient (Wildman–Crippen LogP) is 2.15. The van der Waals surface area contributed by atoms with Crippen LogP contribution in [0.4, 0.5) is 0 Å². The quantitative estimate of drug-likeness (QED) is 0.266. The number of hydrogen-bond acceptors (Lipinski definition) is 7. The number of terminal acetylenes is 3. The molecule has 0 atom stereocenters. The van der Waals surface area contributed by atoms with Crippen LogP contribution in [0.3, 0.4) is 0 Å². The van der Waals surface area contributed by atoms with Gasteiger partial charge in [0.25, 0.3) is 0 Å².